The molecule has 0 aliphatic rings. The van der Waals surface area contributed by atoms with Gasteiger partial charge in [0, 0.05) is 37.0 Å². The van der Waals surface area contributed by atoms with Crippen LogP contribution in [-0.2, 0) is 17.7 Å². The van der Waals surface area contributed by atoms with Crippen LogP contribution in [0.2, 0.25) is 0 Å². The molecule has 0 atom stereocenters. The second kappa shape index (κ2) is 11.5. The van der Waals surface area contributed by atoms with Crippen LogP contribution in [0.4, 0.5) is 0 Å². The van der Waals surface area contributed by atoms with Gasteiger partial charge in [-0.25, -0.2) is 0 Å². The van der Waals surface area contributed by atoms with Gasteiger partial charge in [-0.3, -0.25) is 4.99 Å². The van der Waals surface area contributed by atoms with Crippen LogP contribution in [-0.4, -0.2) is 58.3 Å². The minimum atomic E-state index is 0.785. The third kappa shape index (κ3) is 7.77. The highest BCUT2D eigenvalue weighted by Crippen LogP contribution is 2.16. The molecule has 126 valence electrons. The van der Waals surface area contributed by atoms with E-state index in [0.717, 1.165) is 51.6 Å². The molecule has 22 heavy (non-hydrogen) atoms. The number of likely N-dealkylation sites (N-methyl/N-ethyl adjacent to an activating group) is 1. The minimum absolute atomic E-state index is 0.785. The average molecular weight is 327 g/mol. The summed E-state index contributed by atoms with van der Waals surface area (Å²) >= 11 is 1.86. The maximum absolute atomic E-state index is 5.07. The minimum Gasteiger partial charge on any atom is -0.383 e. The number of thiophene rings is 1. The lowest BCUT2D eigenvalue weighted by atomic mass is 10.3. The number of methoxy groups -OCH3 is 1. The average Bonchev–Trinajstić information content (AvgIpc) is 3.00. The number of hydrogen-bond acceptors (Lipinski definition) is 4. The number of nitrogens with zero attached hydrogens (tertiary/aromatic N) is 2. The molecule has 0 aromatic carbocycles. The molecule has 0 radical (unpaired) electrons. The SMILES string of the molecule is CCc1ccc(CNC(=NC)NCCCN(C)CCOC)s1. The molecule has 0 unspecified atom stereocenters. The van der Waals surface area contributed by atoms with E-state index < -0.39 is 0 Å². The Hall–Kier alpha value is -1.11. The highest BCUT2D eigenvalue weighted by Gasteiger charge is 2.02. The van der Waals surface area contributed by atoms with E-state index in [4.69, 9.17) is 4.74 Å². The fraction of sp³-hybridized carbons (Fsp3) is 0.688. The van der Waals surface area contributed by atoms with Crippen LogP contribution >= 0.6 is 11.3 Å². The van der Waals surface area contributed by atoms with Gasteiger partial charge in [0.05, 0.1) is 13.2 Å². The highest BCUT2D eigenvalue weighted by molar-refractivity contribution is 7.11. The van der Waals surface area contributed by atoms with Gasteiger partial charge in [0.2, 0.25) is 0 Å². The maximum Gasteiger partial charge on any atom is 0.191 e. The van der Waals surface area contributed by atoms with Crippen molar-refractivity contribution in [2.45, 2.75) is 26.3 Å². The summed E-state index contributed by atoms with van der Waals surface area (Å²) in [6.07, 6.45) is 2.19. The van der Waals surface area contributed by atoms with Gasteiger partial charge in [0.25, 0.3) is 0 Å². The summed E-state index contributed by atoms with van der Waals surface area (Å²) in [6, 6.07) is 4.39. The lowest BCUT2D eigenvalue weighted by Gasteiger charge is -2.16. The fourth-order valence-electron chi connectivity index (χ4n) is 2.01. The Kier molecular flexibility index (Phi) is 9.86. The van der Waals surface area contributed by atoms with Crippen molar-refractivity contribution in [1.82, 2.24) is 15.5 Å². The zero-order chi connectivity index (χ0) is 16.2. The Morgan fingerprint density at radius 1 is 1.27 bits per heavy atom. The summed E-state index contributed by atoms with van der Waals surface area (Å²) in [6.45, 7) is 6.75. The summed E-state index contributed by atoms with van der Waals surface area (Å²) in [5.74, 6) is 0.867. The number of guanidine groups is 1. The fourth-order valence-corrected chi connectivity index (χ4v) is 2.91. The van der Waals surface area contributed by atoms with Gasteiger partial charge in [0.15, 0.2) is 5.96 Å². The predicted molar refractivity (Wildman–Crippen MR) is 95.9 cm³/mol. The van der Waals surface area contributed by atoms with Gasteiger partial charge in [-0.15, -0.1) is 11.3 Å². The molecule has 1 aromatic heterocycles. The Morgan fingerprint density at radius 3 is 2.68 bits per heavy atom. The number of ether oxygens (including phenoxy) is 1. The van der Waals surface area contributed by atoms with Gasteiger partial charge in [0.1, 0.15) is 0 Å². The van der Waals surface area contributed by atoms with Crippen LogP contribution in [0.15, 0.2) is 17.1 Å². The molecule has 5 nitrogen and oxygen atoms in total. The Labute approximate surface area is 138 Å². The van der Waals surface area contributed by atoms with E-state index >= 15 is 0 Å². The van der Waals surface area contributed by atoms with Gasteiger partial charge in [-0.1, -0.05) is 6.92 Å². The van der Waals surface area contributed by atoms with E-state index in [1.54, 1.807) is 7.11 Å². The largest absolute Gasteiger partial charge is 0.383 e. The van der Waals surface area contributed by atoms with Crippen LogP contribution in [0.25, 0.3) is 0 Å². The Bertz CT molecular complexity index is 434. The van der Waals surface area contributed by atoms with E-state index in [0.29, 0.717) is 0 Å². The second-order valence-corrected chi connectivity index (χ2v) is 6.48. The molecule has 0 fully saturated rings. The number of hydrogen-bond donors (Lipinski definition) is 2. The molecule has 0 aliphatic heterocycles. The van der Waals surface area contributed by atoms with E-state index in [-0.39, 0.29) is 0 Å². The maximum atomic E-state index is 5.07. The molecule has 1 aromatic rings. The number of nitrogens with one attached hydrogen (secondary N) is 2. The standard InChI is InChI=1S/C16H30N4OS/c1-5-14-7-8-15(22-14)13-19-16(17-2)18-9-6-10-20(3)11-12-21-4/h7-8H,5-6,9-13H2,1-4H3,(H2,17,18,19). The van der Waals surface area contributed by atoms with Gasteiger partial charge >= 0.3 is 0 Å². The van der Waals surface area contributed by atoms with Crippen molar-refractivity contribution < 1.29 is 4.74 Å². The zero-order valence-electron chi connectivity index (χ0n) is 14.3. The summed E-state index contributed by atoms with van der Waals surface area (Å²) in [5.41, 5.74) is 0. The monoisotopic (exact) mass is 326 g/mol. The Morgan fingerprint density at radius 2 is 2.05 bits per heavy atom. The van der Waals surface area contributed by atoms with Crippen molar-refractivity contribution in [1.29, 1.82) is 0 Å². The molecule has 0 saturated heterocycles. The first-order valence-corrected chi connectivity index (χ1v) is 8.70. The van der Waals surface area contributed by atoms with Crippen molar-refractivity contribution in [3.63, 3.8) is 0 Å². The lowest BCUT2D eigenvalue weighted by Crippen LogP contribution is -2.38. The summed E-state index contributed by atoms with van der Waals surface area (Å²) in [4.78, 5) is 9.31. The van der Waals surface area contributed by atoms with Crippen molar-refractivity contribution >= 4 is 17.3 Å². The van der Waals surface area contributed by atoms with Crippen LogP contribution in [0.3, 0.4) is 0 Å². The Balaban J connectivity index is 2.17. The molecule has 0 saturated carbocycles. The van der Waals surface area contributed by atoms with Crippen LogP contribution in [0.1, 0.15) is 23.1 Å². The summed E-state index contributed by atoms with van der Waals surface area (Å²) in [5, 5.41) is 6.72. The van der Waals surface area contributed by atoms with E-state index in [9.17, 15) is 0 Å². The number of rotatable bonds is 10. The van der Waals surface area contributed by atoms with E-state index in [1.807, 2.05) is 18.4 Å². The normalized spacial score (nSPS) is 12.0. The first-order valence-electron chi connectivity index (χ1n) is 7.89. The van der Waals surface area contributed by atoms with Crippen LogP contribution in [0.5, 0.6) is 0 Å². The van der Waals surface area contributed by atoms with E-state index in [1.165, 1.54) is 9.75 Å². The zero-order valence-corrected chi connectivity index (χ0v) is 15.1. The molecule has 0 aliphatic carbocycles. The molecular formula is C16H30N4OS. The third-order valence-electron chi connectivity index (χ3n) is 3.41. The second-order valence-electron chi connectivity index (χ2n) is 5.22. The van der Waals surface area contributed by atoms with Gasteiger partial charge < -0.3 is 20.3 Å². The first-order chi connectivity index (χ1) is 10.7. The third-order valence-corrected chi connectivity index (χ3v) is 4.64. The van der Waals surface area contributed by atoms with Crippen LogP contribution < -0.4 is 10.6 Å². The molecule has 0 spiro atoms. The van der Waals surface area contributed by atoms with Crippen molar-refractivity contribution in [2.75, 3.05) is 47.4 Å². The molecule has 0 bridgehead atoms. The number of aliphatic imine (C=N–C) groups is 1. The highest BCUT2D eigenvalue weighted by atomic mass is 32.1. The van der Waals surface area contributed by atoms with Crippen molar-refractivity contribution in [2.24, 2.45) is 4.99 Å². The molecular weight excluding hydrogens is 296 g/mol. The van der Waals surface area contributed by atoms with Crippen LogP contribution in [0, 0.1) is 0 Å². The molecule has 1 rings (SSSR count). The molecule has 2 N–H and O–H groups in total. The first kappa shape index (κ1) is 18.9. The number of aryl methyl sites for hydroxylation is 1. The quantitative estimate of drug-likeness (QED) is 0.392. The topological polar surface area (TPSA) is 48.9 Å². The molecule has 6 heteroatoms. The lowest BCUT2D eigenvalue weighted by molar-refractivity contribution is 0.161. The van der Waals surface area contributed by atoms with E-state index in [2.05, 4.69) is 46.6 Å². The van der Waals surface area contributed by atoms with Crippen molar-refractivity contribution in [3.05, 3.63) is 21.9 Å². The summed E-state index contributed by atoms with van der Waals surface area (Å²) in [7, 11) is 5.67. The van der Waals surface area contributed by atoms with Crippen molar-refractivity contribution in [3.8, 4) is 0 Å². The summed E-state index contributed by atoms with van der Waals surface area (Å²) < 4.78 is 5.07. The van der Waals surface area contributed by atoms with Gasteiger partial charge in [-0.2, -0.15) is 0 Å². The van der Waals surface area contributed by atoms with Gasteiger partial charge in [-0.05, 0) is 38.6 Å². The molecule has 0 amide bonds. The molecule has 1 heterocycles. The predicted octanol–water partition coefficient (Wildman–Crippen LogP) is 1.94. The smallest absolute Gasteiger partial charge is 0.191 e.